The maximum Gasteiger partial charge on any atom is 0.320 e. The third kappa shape index (κ3) is 8.03. The Morgan fingerprint density at radius 1 is 0.948 bits per heavy atom. The van der Waals surface area contributed by atoms with Crippen LogP contribution in [0, 0.1) is 0 Å². The Morgan fingerprint density at radius 3 is 2.47 bits per heavy atom. The number of piperidine rings is 3. The zero-order chi connectivity index (χ0) is 40.6. The quantitative estimate of drug-likeness (QED) is 0.206. The summed E-state index contributed by atoms with van der Waals surface area (Å²) in [6.45, 7) is 8.83. The molecule has 5 aliphatic rings. The van der Waals surface area contributed by atoms with Gasteiger partial charge in [-0.1, -0.05) is 43.3 Å². The summed E-state index contributed by atoms with van der Waals surface area (Å²) in [6.07, 6.45) is 9.68. The predicted molar refractivity (Wildman–Crippen MR) is 218 cm³/mol. The maximum atomic E-state index is 13.2. The fourth-order valence-electron chi connectivity index (χ4n) is 9.63. The van der Waals surface area contributed by atoms with E-state index in [4.69, 9.17) is 10.7 Å². The maximum absolute atomic E-state index is 13.2. The minimum Gasteiger partial charge on any atom is -0.364 e. The molecule has 6 heterocycles. The molecule has 1 aromatic heterocycles. The summed E-state index contributed by atoms with van der Waals surface area (Å²) in [5, 5.41) is 2.39. The summed E-state index contributed by atoms with van der Waals surface area (Å²) in [5.41, 5.74) is 11.8. The number of anilines is 1. The smallest absolute Gasteiger partial charge is 0.320 e. The number of urea groups is 1. The van der Waals surface area contributed by atoms with Crippen LogP contribution in [0.5, 0.6) is 0 Å². The molecule has 0 bridgehead atoms. The van der Waals surface area contributed by atoms with Crippen LogP contribution in [0.2, 0.25) is 0 Å². The standard InChI is InChI=1S/C44H55N9O5/c1-44(17-21-50(22-18-44)19-4-3-7-30-8-5-10-33-34(30)28-53(42(33)57)36-15-16-38(54)48-41(36)56)31-13-11-29(12-14-31)25-35-39(40(45)55)46-26-37(47-35)51-20-6-9-32(27-51)52-24-23-49(2)43(52)58/h5,8,10-14,26,32,36H,3-4,6-7,9,15-25,27-28H2,1-2H3,(H2,45,55)(H,48,54,56)/t32-,36?/m1/s1. The summed E-state index contributed by atoms with van der Waals surface area (Å²) in [5.74, 6) is -0.664. The third-order valence-corrected chi connectivity index (χ3v) is 13.3. The summed E-state index contributed by atoms with van der Waals surface area (Å²) >= 11 is 0. The van der Waals surface area contributed by atoms with Crippen LogP contribution in [0.25, 0.3) is 0 Å². The molecule has 6 amide bonds. The van der Waals surface area contributed by atoms with Gasteiger partial charge in [0.1, 0.15) is 17.6 Å². The van der Waals surface area contributed by atoms with Crippen LogP contribution >= 0.6 is 0 Å². The number of hydrogen-bond donors (Lipinski definition) is 2. The molecule has 0 aliphatic carbocycles. The summed E-state index contributed by atoms with van der Waals surface area (Å²) in [7, 11) is 1.84. The van der Waals surface area contributed by atoms with Gasteiger partial charge in [0, 0.05) is 58.2 Å². The number of benzene rings is 2. The van der Waals surface area contributed by atoms with Gasteiger partial charge in [0.05, 0.1) is 17.9 Å². The fraction of sp³-hybridized carbons (Fsp3) is 0.523. The normalized spacial score (nSPS) is 22.4. The topological polar surface area (TPSA) is 165 Å². The highest BCUT2D eigenvalue weighted by Gasteiger charge is 2.40. The zero-order valence-corrected chi connectivity index (χ0v) is 33.8. The molecule has 14 nitrogen and oxygen atoms in total. The van der Waals surface area contributed by atoms with Crippen molar-refractivity contribution in [2.24, 2.45) is 5.73 Å². The second kappa shape index (κ2) is 16.5. The van der Waals surface area contributed by atoms with E-state index in [1.54, 1.807) is 16.0 Å². The molecule has 8 rings (SSSR count). The van der Waals surface area contributed by atoms with Crippen LogP contribution in [0.1, 0.15) is 107 Å². The highest BCUT2D eigenvalue weighted by molar-refractivity contribution is 6.05. The van der Waals surface area contributed by atoms with E-state index in [0.29, 0.717) is 43.0 Å². The van der Waals surface area contributed by atoms with Crippen LogP contribution in [0.3, 0.4) is 0 Å². The lowest BCUT2D eigenvalue weighted by Gasteiger charge is -2.40. The van der Waals surface area contributed by atoms with Gasteiger partial charge in [-0.05, 0) is 105 Å². The van der Waals surface area contributed by atoms with Crippen LogP contribution < -0.4 is 16.0 Å². The number of amides is 6. The summed E-state index contributed by atoms with van der Waals surface area (Å²) < 4.78 is 0. The van der Waals surface area contributed by atoms with E-state index in [1.807, 2.05) is 24.1 Å². The number of fused-ring (bicyclic) bond motifs is 1. The van der Waals surface area contributed by atoms with Crippen LogP contribution in [-0.4, -0.2) is 124 Å². The van der Waals surface area contributed by atoms with Gasteiger partial charge >= 0.3 is 6.03 Å². The highest BCUT2D eigenvalue weighted by Crippen LogP contribution is 2.36. The van der Waals surface area contributed by atoms with Crippen LogP contribution in [0.15, 0.2) is 48.7 Å². The number of hydrogen-bond acceptors (Lipinski definition) is 9. The van der Waals surface area contributed by atoms with Crippen molar-refractivity contribution in [1.29, 1.82) is 0 Å². The minimum absolute atomic E-state index is 0.0645. The van der Waals surface area contributed by atoms with Crippen LogP contribution in [0.4, 0.5) is 10.6 Å². The molecule has 14 heteroatoms. The fourth-order valence-corrected chi connectivity index (χ4v) is 9.63. The summed E-state index contributed by atoms with van der Waals surface area (Å²) in [6, 6.07) is 14.2. The van der Waals surface area contributed by atoms with Crippen molar-refractivity contribution in [3.05, 3.63) is 87.9 Å². The number of nitrogens with two attached hydrogens (primary N) is 1. The van der Waals surface area contributed by atoms with Crippen molar-refractivity contribution in [3.8, 4) is 0 Å². The second-order valence-corrected chi connectivity index (χ2v) is 17.1. The molecule has 0 spiro atoms. The van der Waals surface area contributed by atoms with Gasteiger partial charge in [0.15, 0.2) is 0 Å². The van der Waals surface area contributed by atoms with Crippen molar-refractivity contribution in [2.75, 3.05) is 57.8 Å². The van der Waals surface area contributed by atoms with Crippen molar-refractivity contribution in [1.82, 2.24) is 34.9 Å². The molecule has 1 unspecified atom stereocenters. The number of unbranched alkanes of at least 4 members (excludes halogenated alkanes) is 1. The molecule has 0 radical (unpaired) electrons. The Bertz CT molecular complexity index is 2080. The number of carbonyl (C=O) groups is 5. The summed E-state index contributed by atoms with van der Waals surface area (Å²) in [4.78, 5) is 82.0. The molecule has 4 saturated heterocycles. The SMILES string of the molecule is CN1CCN([C@@H]2CCCN(c3cnc(C(N)=O)c(Cc4ccc(C5(C)CCN(CCCCc6cccc7c6CN(C6CCC(=O)NC6=O)C7=O)CC5)cc4)n3)C2)C1=O. The van der Waals surface area contributed by atoms with Gasteiger partial charge in [-0.3, -0.25) is 24.5 Å². The number of rotatable bonds is 12. The van der Waals surface area contributed by atoms with E-state index in [-0.39, 0.29) is 47.3 Å². The average molecular weight is 790 g/mol. The van der Waals surface area contributed by atoms with E-state index in [0.717, 1.165) is 95.3 Å². The first-order valence-corrected chi connectivity index (χ1v) is 21.0. The van der Waals surface area contributed by atoms with E-state index in [2.05, 4.69) is 57.4 Å². The molecular weight excluding hydrogens is 735 g/mol. The average Bonchev–Trinajstić information content (AvgIpc) is 3.74. The van der Waals surface area contributed by atoms with Gasteiger partial charge in [-0.25, -0.2) is 14.8 Å². The second-order valence-electron chi connectivity index (χ2n) is 17.1. The molecule has 4 fully saturated rings. The first kappa shape index (κ1) is 39.5. The van der Waals surface area contributed by atoms with E-state index in [1.165, 1.54) is 11.1 Å². The lowest BCUT2D eigenvalue weighted by molar-refractivity contribution is -0.136. The number of likely N-dealkylation sites (tertiary alicyclic amines) is 1. The third-order valence-electron chi connectivity index (χ3n) is 13.3. The van der Waals surface area contributed by atoms with E-state index >= 15 is 0 Å². The molecular formula is C44H55N9O5. The minimum atomic E-state index is -0.598. The first-order valence-electron chi connectivity index (χ1n) is 21.0. The van der Waals surface area contributed by atoms with Crippen LogP contribution in [-0.2, 0) is 34.4 Å². The zero-order valence-electron chi connectivity index (χ0n) is 33.8. The number of nitrogens with zero attached hydrogens (tertiary/aromatic N) is 7. The molecule has 2 aromatic carbocycles. The van der Waals surface area contributed by atoms with Crippen molar-refractivity contribution in [3.63, 3.8) is 0 Å². The van der Waals surface area contributed by atoms with Gasteiger partial charge in [0.25, 0.3) is 11.8 Å². The van der Waals surface area contributed by atoms with E-state index in [9.17, 15) is 24.0 Å². The number of likely N-dealkylation sites (N-methyl/N-ethyl adjacent to an activating group) is 1. The first-order chi connectivity index (χ1) is 28.0. The number of aryl methyl sites for hydroxylation is 1. The number of aromatic nitrogens is 2. The van der Waals surface area contributed by atoms with Gasteiger partial charge < -0.3 is 30.2 Å². The predicted octanol–water partition coefficient (Wildman–Crippen LogP) is 3.64. The number of primary amides is 1. The lowest BCUT2D eigenvalue weighted by atomic mass is 9.74. The number of nitrogens with one attached hydrogen (secondary N) is 1. The Labute approximate surface area is 340 Å². The lowest BCUT2D eigenvalue weighted by Crippen LogP contribution is -2.52. The van der Waals surface area contributed by atoms with Crippen molar-refractivity contribution < 1.29 is 24.0 Å². The highest BCUT2D eigenvalue weighted by atomic mass is 16.2. The monoisotopic (exact) mass is 789 g/mol. The Balaban J connectivity index is 0.827. The Hall–Kier alpha value is -5.37. The molecule has 0 saturated carbocycles. The van der Waals surface area contributed by atoms with Gasteiger partial charge in [0.2, 0.25) is 11.8 Å². The molecule has 5 aliphatic heterocycles. The number of carbonyl (C=O) groups excluding carboxylic acids is 5. The molecule has 306 valence electrons. The molecule has 3 aromatic rings. The van der Waals surface area contributed by atoms with Gasteiger partial charge in [-0.15, -0.1) is 0 Å². The molecule has 3 N–H and O–H groups in total. The Kier molecular flexibility index (Phi) is 11.2. The molecule has 2 atom stereocenters. The van der Waals surface area contributed by atoms with Crippen molar-refractivity contribution in [2.45, 2.75) is 95.2 Å². The largest absolute Gasteiger partial charge is 0.364 e. The van der Waals surface area contributed by atoms with Gasteiger partial charge in [-0.2, -0.15) is 0 Å². The Morgan fingerprint density at radius 2 is 1.74 bits per heavy atom. The van der Waals surface area contributed by atoms with E-state index < -0.39 is 11.9 Å². The molecule has 58 heavy (non-hydrogen) atoms. The van der Waals surface area contributed by atoms with Crippen molar-refractivity contribution >= 4 is 35.5 Å². The number of imide groups is 1.